The summed E-state index contributed by atoms with van der Waals surface area (Å²) >= 11 is 0.611. The van der Waals surface area contributed by atoms with Crippen molar-refractivity contribution in [2.45, 2.75) is 0 Å². The van der Waals surface area contributed by atoms with Gasteiger partial charge in [0.1, 0.15) is 0 Å². The summed E-state index contributed by atoms with van der Waals surface area (Å²) in [6, 6.07) is 0. The van der Waals surface area contributed by atoms with E-state index in [1.54, 1.807) is 0 Å². The van der Waals surface area contributed by atoms with Gasteiger partial charge in [-0.1, -0.05) is 0 Å². The Balaban J connectivity index is -0.0000000154. The maximum atomic E-state index is 8.74. The molecular weight excluding hydrogens is 179 g/mol. The van der Waals surface area contributed by atoms with E-state index in [2.05, 4.69) is 0 Å². The SMILES string of the molecule is O=S(=O)(O)O.[Ca+2].[H-].[H-].[O]=[AlH]. The average Bonchev–Trinajstić information content (AvgIpc) is 1.36. The van der Waals surface area contributed by atoms with E-state index in [9.17, 15) is 0 Å². The fraction of sp³-hybridized carbons (Fsp3) is 0. The van der Waals surface area contributed by atoms with Crippen molar-refractivity contribution in [2.75, 3.05) is 0 Å². The Morgan fingerprint density at radius 2 is 1.25 bits per heavy atom. The molecule has 0 spiro atoms. The van der Waals surface area contributed by atoms with Crippen LogP contribution in [0.1, 0.15) is 2.85 Å². The second kappa shape index (κ2) is 8.46. The molecule has 0 aromatic rings. The average molecular weight is 184 g/mol. The van der Waals surface area contributed by atoms with Crippen LogP contribution in [0.15, 0.2) is 0 Å². The minimum atomic E-state index is -4.67. The molecule has 46 valence electrons. The van der Waals surface area contributed by atoms with Gasteiger partial charge in [-0.2, -0.15) is 8.42 Å². The monoisotopic (exact) mass is 184 g/mol. The molecule has 0 rings (SSSR count). The van der Waals surface area contributed by atoms with Crippen molar-refractivity contribution in [1.82, 2.24) is 0 Å². The summed E-state index contributed by atoms with van der Waals surface area (Å²) in [6.07, 6.45) is 0. The fourth-order valence-electron chi connectivity index (χ4n) is 0. The molecule has 0 unspecified atom stereocenters. The molecule has 0 aliphatic carbocycles. The summed E-state index contributed by atoms with van der Waals surface area (Å²) in [5, 5.41) is 0. The van der Waals surface area contributed by atoms with Crippen molar-refractivity contribution in [1.29, 1.82) is 0 Å². The summed E-state index contributed by atoms with van der Waals surface area (Å²) in [7, 11) is -4.67. The Labute approximate surface area is 87.6 Å². The van der Waals surface area contributed by atoms with Gasteiger partial charge in [0, 0.05) is 0 Å². The van der Waals surface area contributed by atoms with Crippen LogP contribution in [0.2, 0.25) is 0 Å². The van der Waals surface area contributed by atoms with Crippen molar-refractivity contribution in [2.24, 2.45) is 0 Å². The topological polar surface area (TPSA) is 91.7 Å². The Kier molecular flexibility index (Phi) is 17.2. The molecule has 0 heterocycles. The molecule has 0 saturated heterocycles. The van der Waals surface area contributed by atoms with Crippen molar-refractivity contribution >= 4 is 64.4 Å². The van der Waals surface area contributed by atoms with Gasteiger partial charge in [-0.05, 0) is 0 Å². The molecular formula is H5AlCaO5S. The Morgan fingerprint density at radius 3 is 1.25 bits per heavy atom. The van der Waals surface area contributed by atoms with Crippen LogP contribution in [-0.2, 0) is 14.2 Å². The van der Waals surface area contributed by atoms with E-state index in [4.69, 9.17) is 21.3 Å². The van der Waals surface area contributed by atoms with Crippen LogP contribution in [-0.4, -0.2) is 71.5 Å². The van der Waals surface area contributed by atoms with E-state index < -0.39 is 10.4 Å². The molecule has 2 N–H and O–H groups in total. The molecule has 0 saturated carbocycles. The first-order valence-corrected chi connectivity index (χ1v) is 2.96. The van der Waals surface area contributed by atoms with Crippen LogP contribution in [0.4, 0.5) is 0 Å². The molecule has 0 bridgehead atoms. The maximum absolute atomic E-state index is 8.74. The van der Waals surface area contributed by atoms with E-state index in [1.165, 1.54) is 0 Å². The summed E-state index contributed by atoms with van der Waals surface area (Å²) in [5.41, 5.74) is 0. The minimum absolute atomic E-state index is 0. The molecule has 8 heteroatoms. The van der Waals surface area contributed by atoms with Crippen molar-refractivity contribution < 1.29 is 24.2 Å². The standard InChI is InChI=1S/Al.Ca.H2O4S.O.3H/c;;1-5(2,3)4;;;;/h;;(H2,1,2,3,4);;;;/q;+2;;;;2*-1. The third kappa shape index (κ3) is 146. The van der Waals surface area contributed by atoms with E-state index in [-0.39, 0.29) is 40.6 Å². The first-order valence-electron chi connectivity index (χ1n) is 0.987. The predicted molar refractivity (Wildman–Crippen MR) is 30.0 cm³/mol. The molecule has 0 fully saturated rings. The zero-order valence-corrected chi connectivity index (χ0v) is 8.38. The van der Waals surface area contributed by atoms with E-state index in [0.29, 0.717) is 16.2 Å². The van der Waals surface area contributed by atoms with Gasteiger partial charge in [0.2, 0.25) is 0 Å². The zero-order valence-electron chi connectivity index (χ0n) is 5.94. The molecule has 0 amide bonds. The fourth-order valence-corrected chi connectivity index (χ4v) is 0. The summed E-state index contributed by atoms with van der Waals surface area (Å²) in [6.45, 7) is 0. The van der Waals surface area contributed by atoms with Gasteiger partial charge in [-0.15, -0.1) is 0 Å². The Hall–Kier alpha value is 1.46. The first kappa shape index (κ1) is 16.2. The second-order valence-corrected chi connectivity index (χ2v) is 1.34. The number of hydrogen-bond donors (Lipinski definition) is 2. The third-order valence-corrected chi connectivity index (χ3v) is 0. The van der Waals surface area contributed by atoms with E-state index >= 15 is 0 Å². The quantitative estimate of drug-likeness (QED) is 0.350. The van der Waals surface area contributed by atoms with E-state index in [0.717, 1.165) is 0 Å². The molecule has 0 aromatic carbocycles. The second-order valence-electron chi connectivity index (χ2n) is 0.448. The van der Waals surface area contributed by atoms with Gasteiger partial charge in [-0.25, -0.2) is 0 Å². The van der Waals surface area contributed by atoms with Gasteiger partial charge < -0.3 is 2.85 Å². The molecule has 0 aliphatic rings. The molecule has 0 aromatic heterocycles. The molecule has 8 heavy (non-hydrogen) atoms. The van der Waals surface area contributed by atoms with E-state index in [1.807, 2.05) is 0 Å². The van der Waals surface area contributed by atoms with Crippen molar-refractivity contribution in [3.05, 3.63) is 0 Å². The molecule has 0 atom stereocenters. The molecule has 0 aliphatic heterocycles. The Bertz CT molecular complexity index is 114. The zero-order chi connectivity index (χ0) is 6.50. The number of hydrogen-bond acceptors (Lipinski definition) is 3. The van der Waals surface area contributed by atoms with Crippen LogP contribution >= 0.6 is 0 Å². The normalized spacial score (nSPS) is 7.62. The van der Waals surface area contributed by atoms with Crippen LogP contribution in [0.3, 0.4) is 0 Å². The summed E-state index contributed by atoms with van der Waals surface area (Å²) in [5.74, 6) is 0. The van der Waals surface area contributed by atoms with Gasteiger partial charge in [0.25, 0.3) is 0 Å². The van der Waals surface area contributed by atoms with Gasteiger partial charge in [-0.3, -0.25) is 9.11 Å². The Morgan fingerprint density at radius 1 is 1.25 bits per heavy atom. The van der Waals surface area contributed by atoms with Crippen LogP contribution in [0.25, 0.3) is 0 Å². The van der Waals surface area contributed by atoms with Crippen LogP contribution in [0, 0.1) is 0 Å². The van der Waals surface area contributed by atoms with Gasteiger partial charge in [0.15, 0.2) is 0 Å². The third-order valence-electron chi connectivity index (χ3n) is 0. The van der Waals surface area contributed by atoms with Crippen LogP contribution < -0.4 is 0 Å². The summed E-state index contributed by atoms with van der Waals surface area (Å²) in [4.78, 5) is 0. The summed E-state index contributed by atoms with van der Waals surface area (Å²) < 4.78 is 39.9. The van der Waals surface area contributed by atoms with Crippen LogP contribution in [0.5, 0.6) is 0 Å². The van der Waals surface area contributed by atoms with Crippen molar-refractivity contribution in [3.63, 3.8) is 0 Å². The van der Waals surface area contributed by atoms with Gasteiger partial charge >= 0.3 is 68.2 Å². The molecule has 5 nitrogen and oxygen atoms in total. The first-order chi connectivity index (χ1) is 3.00. The predicted octanol–water partition coefficient (Wildman–Crippen LogP) is -1.58. The van der Waals surface area contributed by atoms with Crippen molar-refractivity contribution in [3.8, 4) is 0 Å². The number of rotatable bonds is 0. The van der Waals surface area contributed by atoms with Gasteiger partial charge in [0.05, 0.1) is 0 Å². The molecule has 0 radical (unpaired) electrons.